The zero-order valence-electron chi connectivity index (χ0n) is 16.3. The van der Waals surface area contributed by atoms with E-state index < -0.39 is 11.9 Å². The van der Waals surface area contributed by atoms with Crippen LogP contribution in [-0.4, -0.2) is 18.5 Å². The molecule has 0 saturated carbocycles. The van der Waals surface area contributed by atoms with Crippen molar-refractivity contribution in [1.29, 1.82) is 5.26 Å². The Hall–Kier alpha value is -3.53. The van der Waals surface area contributed by atoms with E-state index in [1.807, 2.05) is 6.07 Å². The summed E-state index contributed by atoms with van der Waals surface area (Å²) in [5.74, 6) is -0.380. The minimum absolute atomic E-state index is 0.166. The number of carbonyl (C=O) groups is 2. The summed E-state index contributed by atoms with van der Waals surface area (Å²) in [6, 6.07) is 16.3. The molecular weight excluding hydrogens is 439 g/mol. The third-order valence-electron chi connectivity index (χ3n) is 4.14. The number of hydrogen-bond acceptors (Lipinski definition) is 5. The molecule has 0 fully saturated rings. The zero-order chi connectivity index (χ0) is 22.4. The molecule has 0 unspecified atom stereocenters. The van der Waals surface area contributed by atoms with Crippen LogP contribution in [0.5, 0.6) is 0 Å². The number of nitriles is 1. The van der Waals surface area contributed by atoms with Gasteiger partial charge < -0.3 is 14.5 Å². The number of nitrogens with zero attached hydrogens (tertiary/aromatic N) is 1. The van der Waals surface area contributed by atoms with Crippen LogP contribution < -0.4 is 5.32 Å². The van der Waals surface area contributed by atoms with Crippen molar-refractivity contribution in [3.63, 3.8) is 0 Å². The summed E-state index contributed by atoms with van der Waals surface area (Å²) in [4.78, 5) is 24.2. The summed E-state index contributed by atoms with van der Waals surface area (Å²) >= 11 is 12.4. The number of ether oxygens (including phenoxy) is 1. The average Bonchev–Trinajstić information content (AvgIpc) is 3.20. The van der Waals surface area contributed by atoms with E-state index in [0.717, 1.165) is 0 Å². The van der Waals surface area contributed by atoms with Crippen molar-refractivity contribution < 1.29 is 18.7 Å². The summed E-state index contributed by atoms with van der Waals surface area (Å²) in [7, 11) is 0. The number of anilines is 1. The summed E-state index contributed by atoms with van der Waals surface area (Å²) in [5, 5.41) is 12.8. The van der Waals surface area contributed by atoms with Crippen molar-refractivity contribution in [3.8, 4) is 17.4 Å². The number of amides is 1. The molecule has 0 aliphatic heterocycles. The summed E-state index contributed by atoms with van der Waals surface area (Å²) in [6.45, 7) is 1.98. The van der Waals surface area contributed by atoms with Gasteiger partial charge in [0.15, 0.2) is 0 Å². The lowest BCUT2D eigenvalue weighted by molar-refractivity contribution is -0.112. The Bertz CT molecular complexity index is 1170. The molecule has 0 radical (unpaired) electrons. The Balaban J connectivity index is 1.76. The van der Waals surface area contributed by atoms with Gasteiger partial charge in [-0.15, -0.1) is 0 Å². The lowest BCUT2D eigenvalue weighted by Gasteiger charge is -2.06. The third-order valence-corrected chi connectivity index (χ3v) is 4.77. The maximum atomic E-state index is 12.5. The van der Waals surface area contributed by atoms with Gasteiger partial charge in [0.05, 0.1) is 27.8 Å². The van der Waals surface area contributed by atoms with E-state index in [1.54, 1.807) is 49.4 Å². The smallest absolute Gasteiger partial charge is 0.338 e. The fourth-order valence-electron chi connectivity index (χ4n) is 2.69. The van der Waals surface area contributed by atoms with E-state index in [1.165, 1.54) is 18.2 Å². The number of carbonyl (C=O) groups excluding carboxylic acids is 2. The van der Waals surface area contributed by atoms with Gasteiger partial charge >= 0.3 is 5.97 Å². The van der Waals surface area contributed by atoms with Crippen LogP contribution in [-0.2, 0) is 9.53 Å². The second kappa shape index (κ2) is 9.98. The van der Waals surface area contributed by atoms with Crippen molar-refractivity contribution in [2.24, 2.45) is 0 Å². The van der Waals surface area contributed by atoms with Gasteiger partial charge in [0.1, 0.15) is 23.2 Å². The van der Waals surface area contributed by atoms with Gasteiger partial charge in [-0.1, -0.05) is 29.3 Å². The average molecular weight is 455 g/mol. The fourth-order valence-corrected chi connectivity index (χ4v) is 3.28. The molecule has 3 aromatic rings. The standard InChI is InChI=1S/C23H16Cl2N2O4/c1-2-30-23(29)14-6-8-16(9-7-14)27-22(28)15(13-26)12-17-10-11-20(31-17)21-18(24)4-3-5-19(21)25/h3-12H,2H2,1H3,(H,27,28)/b15-12+. The number of rotatable bonds is 6. The molecule has 0 spiro atoms. The van der Waals surface area contributed by atoms with Gasteiger partial charge in [-0.3, -0.25) is 4.79 Å². The number of furan rings is 1. The number of hydrogen-bond donors (Lipinski definition) is 1. The van der Waals surface area contributed by atoms with E-state index in [9.17, 15) is 14.9 Å². The van der Waals surface area contributed by atoms with E-state index >= 15 is 0 Å². The SMILES string of the molecule is CCOC(=O)c1ccc(NC(=O)/C(C#N)=C/c2ccc(-c3c(Cl)cccc3Cl)o2)cc1. The first-order valence-electron chi connectivity index (χ1n) is 9.17. The highest BCUT2D eigenvalue weighted by Crippen LogP contribution is 2.35. The summed E-state index contributed by atoms with van der Waals surface area (Å²) in [6.07, 6.45) is 1.32. The van der Waals surface area contributed by atoms with Gasteiger partial charge in [0, 0.05) is 11.8 Å². The van der Waals surface area contributed by atoms with Crippen LogP contribution in [0.4, 0.5) is 5.69 Å². The molecule has 0 aliphatic rings. The monoisotopic (exact) mass is 454 g/mol. The minimum Gasteiger partial charge on any atom is -0.462 e. The Labute approximate surface area is 188 Å². The quantitative estimate of drug-likeness (QED) is 0.281. The van der Waals surface area contributed by atoms with Crippen LogP contribution in [0.1, 0.15) is 23.0 Å². The number of halogens is 2. The molecule has 1 aromatic heterocycles. The third kappa shape index (κ3) is 5.34. The molecule has 0 bridgehead atoms. The highest BCUT2D eigenvalue weighted by Gasteiger charge is 2.15. The number of esters is 1. The lowest BCUT2D eigenvalue weighted by atomic mass is 10.2. The van der Waals surface area contributed by atoms with Crippen molar-refractivity contribution in [1.82, 2.24) is 0 Å². The van der Waals surface area contributed by atoms with Crippen molar-refractivity contribution in [3.05, 3.63) is 81.5 Å². The largest absolute Gasteiger partial charge is 0.462 e. The van der Waals surface area contributed by atoms with Crippen molar-refractivity contribution in [2.75, 3.05) is 11.9 Å². The molecule has 1 N–H and O–H groups in total. The zero-order valence-corrected chi connectivity index (χ0v) is 17.8. The summed E-state index contributed by atoms with van der Waals surface area (Å²) in [5.41, 5.74) is 1.13. The maximum Gasteiger partial charge on any atom is 0.338 e. The van der Waals surface area contributed by atoms with E-state index in [2.05, 4.69) is 5.32 Å². The molecule has 3 rings (SSSR count). The van der Waals surface area contributed by atoms with Crippen LogP contribution in [0.15, 0.2) is 64.6 Å². The topological polar surface area (TPSA) is 92.3 Å². The molecule has 1 amide bonds. The number of benzene rings is 2. The first-order valence-corrected chi connectivity index (χ1v) is 9.93. The van der Waals surface area contributed by atoms with Crippen molar-refractivity contribution in [2.45, 2.75) is 6.92 Å². The van der Waals surface area contributed by atoms with Crippen LogP contribution in [0.3, 0.4) is 0 Å². The van der Waals surface area contributed by atoms with Gasteiger partial charge in [0.2, 0.25) is 0 Å². The molecule has 0 aliphatic carbocycles. The Morgan fingerprint density at radius 3 is 2.39 bits per heavy atom. The Kier molecular flexibility index (Phi) is 7.14. The molecule has 1 heterocycles. The van der Waals surface area contributed by atoms with Gasteiger partial charge in [0.25, 0.3) is 5.91 Å². The second-order valence-electron chi connectivity index (χ2n) is 6.22. The summed E-state index contributed by atoms with van der Waals surface area (Å²) < 4.78 is 10.6. The molecule has 31 heavy (non-hydrogen) atoms. The molecule has 0 atom stereocenters. The maximum absolute atomic E-state index is 12.5. The second-order valence-corrected chi connectivity index (χ2v) is 7.03. The van der Waals surface area contributed by atoms with E-state index in [-0.39, 0.29) is 17.9 Å². The molecule has 2 aromatic carbocycles. The lowest BCUT2D eigenvalue weighted by Crippen LogP contribution is -2.13. The number of nitrogens with one attached hydrogen (secondary N) is 1. The van der Waals surface area contributed by atoms with Crippen LogP contribution in [0.25, 0.3) is 17.4 Å². The molecule has 6 nitrogen and oxygen atoms in total. The van der Waals surface area contributed by atoms with Crippen LogP contribution in [0.2, 0.25) is 10.0 Å². The van der Waals surface area contributed by atoms with Crippen LogP contribution >= 0.6 is 23.2 Å². The fraction of sp³-hybridized carbons (Fsp3) is 0.0870. The molecule has 8 heteroatoms. The molecular formula is C23H16Cl2N2O4. The van der Waals surface area contributed by atoms with E-state index in [0.29, 0.717) is 32.6 Å². The Morgan fingerprint density at radius 1 is 1.10 bits per heavy atom. The minimum atomic E-state index is -0.625. The highest BCUT2D eigenvalue weighted by molar-refractivity contribution is 6.39. The van der Waals surface area contributed by atoms with Gasteiger partial charge in [-0.05, 0) is 55.5 Å². The van der Waals surface area contributed by atoms with Crippen LogP contribution in [0, 0.1) is 11.3 Å². The Morgan fingerprint density at radius 2 is 1.77 bits per heavy atom. The normalized spacial score (nSPS) is 11.0. The molecule has 156 valence electrons. The van der Waals surface area contributed by atoms with Gasteiger partial charge in [-0.2, -0.15) is 5.26 Å². The predicted octanol–water partition coefficient (Wildman–Crippen LogP) is 5.98. The first-order chi connectivity index (χ1) is 14.9. The van der Waals surface area contributed by atoms with Crippen molar-refractivity contribution >= 4 is 46.8 Å². The van der Waals surface area contributed by atoms with E-state index in [4.69, 9.17) is 32.4 Å². The molecule has 0 saturated heterocycles. The first kappa shape index (κ1) is 22.2. The van der Waals surface area contributed by atoms with Gasteiger partial charge in [-0.25, -0.2) is 4.79 Å². The predicted molar refractivity (Wildman–Crippen MR) is 119 cm³/mol. The highest BCUT2D eigenvalue weighted by atomic mass is 35.5.